The Labute approximate surface area is 216 Å². The van der Waals surface area contributed by atoms with Gasteiger partial charge in [-0.1, -0.05) is 42.5 Å². The highest BCUT2D eigenvalue weighted by atomic mass is 32.2. The molecule has 1 saturated heterocycles. The van der Waals surface area contributed by atoms with Crippen LogP contribution in [0.25, 0.3) is 0 Å². The number of hydrogen-bond acceptors (Lipinski definition) is 6. The molecule has 1 fully saturated rings. The zero-order valence-corrected chi connectivity index (χ0v) is 21.1. The number of anilines is 1. The summed E-state index contributed by atoms with van der Waals surface area (Å²) >= 11 is 0. The molecule has 1 aliphatic rings. The minimum Gasteiger partial charge on any atom is -0.489 e. The van der Waals surface area contributed by atoms with Gasteiger partial charge < -0.3 is 20.1 Å². The standard InChI is InChI=1S/C27H29N3O6S/c31-26(27(32)29-23-8-10-24(11-9-23)36-20-22-4-2-1-3-5-22)28-15-14-21-6-12-25(13-7-21)37(33,34)30-16-18-35-19-17-30/h1-13H,14-20H2,(H,28,31)(H,29,32). The Balaban J connectivity index is 1.20. The Morgan fingerprint density at radius 1 is 0.838 bits per heavy atom. The summed E-state index contributed by atoms with van der Waals surface area (Å²) in [7, 11) is -3.55. The van der Waals surface area contributed by atoms with Crippen LogP contribution in [0.2, 0.25) is 0 Å². The second-order valence-corrected chi connectivity index (χ2v) is 10.4. The molecule has 1 heterocycles. The Bertz CT molecular complexity index is 1290. The number of benzene rings is 3. The summed E-state index contributed by atoms with van der Waals surface area (Å²) in [4.78, 5) is 24.6. The van der Waals surface area contributed by atoms with E-state index in [0.29, 0.717) is 50.8 Å². The van der Waals surface area contributed by atoms with Crippen LogP contribution in [0.4, 0.5) is 5.69 Å². The molecule has 0 aromatic heterocycles. The van der Waals surface area contributed by atoms with E-state index in [2.05, 4.69) is 10.6 Å². The summed E-state index contributed by atoms with van der Waals surface area (Å²) < 4.78 is 37.7. The first-order chi connectivity index (χ1) is 17.9. The third kappa shape index (κ3) is 7.39. The number of morpholine rings is 1. The van der Waals surface area contributed by atoms with Crippen molar-refractivity contribution in [1.82, 2.24) is 9.62 Å². The first-order valence-corrected chi connectivity index (χ1v) is 13.4. The third-order valence-corrected chi connectivity index (χ3v) is 7.71. The monoisotopic (exact) mass is 523 g/mol. The van der Waals surface area contributed by atoms with Crippen molar-refractivity contribution in [1.29, 1.82) is 0 Å². The molecule has 194 valence electrons. The fraction of sp³-hybridized carbons (Fsp3) is 0.259. The van der Waals surface area contributed by atoms with Gasteiger partial charge in [0.25, 0.3) is 0 Å². The summed E-state index contributed by atoms with van der Waals surface area (Å²) in [6, 6.07) is 23.1. The van der Waals surface area contributed by atoms with E-state index in [0.717, 1.165) is 11.1 Å². The summed E-state index contributed by atoms with van der Waals surface area (Å²) in [5.74, 6) is -0.879. The van der Waals surface area contributed by atoms with Gasteiger partial charge in [-0.05, 0) is 53.9 Å². The van der Waals surface area contributed by atoms with Gasteiger partial charge in [0.1, 0.15) is 12.4 Å². The summed E-state index contributed by atoms with van der Waals surface area (Å²) in [5, 5.41) is 5.14. The minimum absolute atomic E-state index is 0.220. The minimum atomic E-state index is -3.55. The summed E-state index contributed by atoms with van der Waals surface area (Å²) in [5.41, 5.74) is 2.36. The van der Waals surface area contributed by atoms with E-state index in [1.165, 1.54) is 4.31 Å². The number of ether oxygens (including phenoxy) is 2. The van der Waals surface area contributed by atoms with E-state index < -0.39 is 21.8 Å². The lowest BCUT2D eigenvalue weighted by Gasteiger charge is -2.26. The maximum absolute atomic E-state index is 12.7. The first-order valence-electron chi connectivity index (χ1n) is 11.9. The smallest absolute Gasteiger partial charge is 0.313 e. The maximum Gasteiger partial charge on any atom is 0.313 e. The zero-order chi connectivity index (χ0) is 26.1. The van der Waals surface area contributed by atoms with Crippen LogP contribution < -0.4 is 15.4 Å². The molecular weight excluding hydrogens is 494 g/mol. The van der Waals surface area contributed by atoms with Crippen molar-refractivity contribution in [2.45, 2.75) is 17.9 Å². The van der Waals surface area contributed by atoms with E-state index >= 15 is 0 Å². The molecular formula is C27H29N3O6S. The topological polar surface area (TPSA) is 114 Å². The van der Waals surface area contributed by atoms with Crippen LogP contribution in [-0.2, 0) is 37.4 Å². The average molecular weight is 524 g/mol. The van der Waals surface area contributed by atoms with Crippen LogP contribution in [0.5, 0.6) is 5.75 Å². The lowest BCUT2D eigenvalue weighted by molar-refractivity contribution is -0.136. The molecule has 4 rings (SSSR count). The van der Waals surface area contributed by atoms with E-state index in [1.54, 1.807) is 48.5 Å². The molecule has 0 spiro atoms. The normalized spacial score (nSPS) is 14.1. The number of rotatable bonds is 9. The zero-order valence-electron chi connectivity index (χ0n) is 20.3. The predicted molar refractivity (Wildman–Crippen MR) is 139 cm³/mol. The Hall–Kier alpha value is -3.73. The number of nitrogens with zero attached hydrogens (tertiary/aromatic N) is 1. The fourth-order valence-electron chi connectivity index (χ4n) is 3.73. The second-order valence-electron chi connectivity index (χ2n) is 8.42. The van der Waals surface area contributed by atoms with E-state index in [-0.39, 0.29) is 11.4 Å². The lowest BCUT2D eigenvalue weighted by atomic mass is 10.1. The van der Waals surface area contributed by atoms with Crippen molar-refractivity contribution >= 4 is 27.5 Å². The van der Waals surface area contributed by atoms with Gasteiger partial charge in [0.2, 0.25) is 10.0 Å². The number of carbonyl (C=O) groups excluding carboxylic acids is 2. The Morgan fingerprint density at radius 3 is 2.19 bits per heavy atom. The van der Waals surface area contributed by atoms with Crippen LogP contribution in [0.3, 0.4) is 0 Å². The average Bonchev–Trinajstić information content (AvgIpc) is 2.94. The molecule has 0 bridgehead atoms. The Kier molecular flexibility index (Phi) is 8.89. The molecule has 0 atom stereocenters. The quantitative estimate of drug-likeness (QED) is 0.417. The SMILES string of the molecule is O=C(NCCc1ccc(S(=O)(=O)N2CCOCC2)cc1)C(=O)Nc1ccc(OCc2ccccc2)cc1. The maximum atomic E-state index is 12.7. The van der Waals surface area contributed by atoms with E-state index in [9.17, 15) is 18.0 Å². The summed E-state index contributed by atoms with van der Waals surface area (Å²) in [6.07, 6.45) is 0.449. The van der Waals surface area contributed by atoms with Gasteiger partial charge in [0.05, 0.1) is 18.1 Å². The van der Waals surface area contributed by atoms with Crippen molar-refractivity contribution in [3.8, 4) is 5.75 Å². The van der Waals surface area contributed by atoms with Crippen LogP contribution in [-0.4, -0.2) is 57.4 Å². The van der Waals surface area contributed by atoms with Crippen LogP contribution in [0.15, 0.2) is 83.8 Å². The lowest BCUT2D eigenvalue weighted by Crippen LogP contribution is -2.40. The largest absolute Gasteiger partial charge is 0.489 e. The molecule has 2 N–H and O–H groups in total. The number of carbonyl (C=O) groups is 2. The highest BCUT2D eigenvalue weighted by molar-refractivity contribution is 7.89. The highest BCUT2D eigenvalue weighted by Gasteiger charge is 2.26. The molecule has 2 amide bonds. The molecule has 0 saturated carbocycles. The molecule has 3 aromatic rings. The van der Waals surface area contributed by atoms with Gasteiger partial charge in [0, 0.05) is 25.3 Å². The predicted octanol–water partition coefficient (Wildman–Crippen LogP) is 2.58. The second kappa shape index (κ2) is 12.5. The van der Waals surface area contributed by atoms with Gasteiger partial charge in [0.15, 0.2) is 0 Å². The van der Waals surface area contributed by atoms with Gasteiger partial charge >= 0.3 is 11.8 Å². The molecule has 0 radical (unpaired) electrons. The molecule has 1 aliphatic heterocycles. The number of amides is 2. The molecule has 37 heavy (non-hydrogen) atoms. The molecule has 3 aromatic carbocycles. The van der Waals surface area contributed by atoms with Crippen molar-refractivity contribution in [3.63, 3.8) is 0 Å². The van der Waals surface area contributed by atoms with E-state index in [1.807, 2.05) is 30.3 Å². The van der Waals surface area contributed by atoms with Crippen molar-refractivity contribution < 1.29 is 27.5 Å². The number of hydrogen-bond donors (Lipinski definition) is 2. The number of sulfonamides is 1. The van der Waals surface area contributed by atoms with Crippen molar-refractivity contribution in [2.24, 2.45) is 0 Å². The van der Waals surface area contributed by atoms with Gasteiger partial charge in [-0.2, -0.15) is 4.31 Å². The van der Waals surface area contributed by atoms with Crippen molar-refractivity contribution in [2.75, 3.05) is 38.2 Å². The van der Waals surface area contributed by atoms with Gasteiger partial charge in [-0.15, -0.1) is 0 Å². The van der Waals surface area contributed by atoms with Gasteiger partial charge in [-0.25, -0.2) is 8.42 Å². The molecule has 0 aliphatic carbocycles. The van der Waals surface area contributed by atoms with Crippen LogP contribution in [0.1, 0.15) is 11.1 Å². The third-order valence-electron chi connectivity index (χ3n) is 5.80. The molecule has 0 unspecified atom stereocenters. The molecule has 10 heteroatoms. The van der Waals surface area contributed by atoms with Gasteiger partial charge in [-0.3, -0.25) is 9.59 Å². The van der Waals surface area contributed by atoms with E-state index in [4.69, 9.17) is 9.47 Å². The number of nitrogens with one attached hydrogen (secondary N) is 2. The highest BCUT2D eigenvalue weighted by Crippen LogP contribution is 2.19. The fourth-order valence-corrected chi connectivity index (χ4v) is 5.14. The Morgan fingerprint density at radius 2 is 1.51 bits per heavy atom. The first kappa shape index (κ1) is 26.3. The van der Waals surface area contributed by atoms with Crippen molar-refractivity contribution in [3.05, 3.63) is 90.0 Å². The van der Waals surface area contributed by atoms with Crippen LogP contribution in [0, 0.1) is 0 Å². The molecule has 9 nitrogen and oxygen atoms in total. The van der Waals surface area contributed by atoms with Crippen LogP contribution >= 0.6 is 0 Å². The summed E-state index contributed by atoms with van der Waals surface area (Å²) in [6.45, 7) is 2.11.